The van der Waals surface area contributed by atoms with Gasteiger partial charge in [-0.3, -0.25) is 14.4 Å². The van der Waals surface area contributed by atoms with Gasteiger partial charge in [0.05, 0.1) is 33.3 Å². The molecule has 0 spiro atoms. The Morgan fingerprint density at radius 3 is 2.07 bits per heavy atom. The van der Waals surface area contributed by atoms with Gasteiger partial charge in [0.15, 0.2) is 23.2 Å². The molecule has 2 aromatic rings. The van der Waals surface area contributed by atoms with E-state index in [4.69, 9.17) is 18.9 Å². The molecule has 1 aromatic carbocycles. The highest BCUT2D eigenvalue weighted by Crippen LogP contribution is 2.37. The zero-order valence-corrected chi connectivity index (χ0v) is 16.9. The molecular formula is C20H22O7S. The quantitative estimate of drug-likeness (QED) is 0.359. The predicted molar refractivity (Wildman–Crippen MR) is 103 cm³/mol. The summed E-state index contributed by atoms with van der Waals surface area (Å²) in [6.07, 6.45) is -0.0785. The van der Waals surface area contributed by atoms with Gasteiger partial charge in [0.2, 0.25) is 0 Å². The molecule has 0 saturated carbocycles. The van der Waals surface area contributed by atoms with Crippen molar-refractivity contribution >= 4 is 29.1 Å². The molecule has 0 aliphatic heterocycles. The van der Waals surface area contributed by atoms with Gasteiger partial charge in [-0.1, -0.05) is 12.1 Å². The number of carbonyl (C=O) groups is 3. The first kappa shape index (κ1) is 21.4. The van der Waals surface area contributed by atoms with Crippen molar-refractivity contribution < 1.29 is 33.3 Å². The standard InChI is InChI=1S/C20H22O7S/c1-24-15-8-7-12(10-16(15)25-2)13(11-14(21)17-6-5-9-28-17)18(19(22)26-3)20(23)27-4/h5-10,13,18H,11H2,1-4H3. The molecule has 0 aliphatic rings. The number of carbonyl (C=O) groups excluding carboxylic acids is 3. The van der Waals surface area contributed by atoms with Crippen LogP contribution in [0.25, 0.3) is 0 Å². The van der Waals surface area contributed by atoms with E-state index in [9.17, 15) is 14.4 Å². The molecular weight excluding hydrogens is 384 g/mol. The Kier molecular flexibility index (Phi) is 7.57. The number of ketones is 1. The van der Waals surface area contributed by atoms with E-state index in [-0.39, 0.29) is 12.2 Å². The van der Waals surface area contributed by atoms with Crippen molar-refractivity contribution in [3.05, 3.63) is 46.2 Å². The van der Waals surface area contributed by atoms with Crippen LogP contribution in [-0.4, -0.2) is 46.2 Å². The van der Waals surface area contributed by atoms with Crippen LogP contribution in [-0.2, 0) is 19.1 Å². The molecule has 1 aromatic heterocycles. The minimum absolute atomic E-state index is 0.0785. The molecule has 0 amide bonds. The molecule has 0 saturated heterocycles. The van der Waals surface area contributed by atoms with Crippen molar-refractivity contribution in [2.45, 2.75) is 12.3 Å². The van der Waals surface area contributed by atoms with Gasteiger partial charge in [-0.05, 0) is 29.1 Å². The van der Waals surface area contributed by atoms with Crippen LogP contribution in [0.15, 0.2) is 35.7 Å². The Labute approximate surface area is 167 Å². The van der Waals surface area contributed by atoms with Crippen molar-refractivity contribution in [1.29, 1.82) is 0 Å². The minimum atomic E-state index is -1.29. The number of esters is 2. The predicted octanol–water partition coefficient (Wildman–Crippen LogP) is 3.08. The van der Waals surface area contributed by atoms with Gasteiger partial charge in [-0.2, -0.15) is 0 Å². The number of Topliss-reactive ketones (excluding diaryl/α,β-unsaturated/α-hetero) is 1. The fraction of sp³-hybridized carbons (Fsp3) is 0.350. The summed E-state index contributed by atoms with van der Waals surface area (Å²) in [6.45, 7) is 0. The van der Waals surface area contributed by atoms with Crippen LogP contribution < -0.4 is 9.47 Å². The van der Waals surface area contributed by atoms with Crippen LogP contribution in [0.5, 0.6) is 11.5 Å². The second-order valence-electron chi connectivity index (χ2n) is 5.85. The molecule has 150 valence electrons. The summed E-state index contributed by atoms with van der Waals surface area (Å²) in [5.41, 5.74) is 0.559. The fourth-order valence-electron chi connectivity index (χ4n) is 2.93. The average molecular weight is 406 g/mol. The van der Waals surface area contributed by atoms with E-state index in [0.717, 1.165) is 0 Å². The third-order valence-electron chi connectivity index (χ3n) is 4.35. The average Bonchev–Trinajstić information content (AvgIpc) is 3.27. The molecule has 1 unspecified atom stereocenters. The molecule has 7 nitrogen and oxygen atoms in total. The van der Waals surface area contributed by atoms with Crippen molar-refractivity contribution in [2.24, 2.45) is 5.92 Å². The van der Waals surface area contributed by atoms with Gasteiger partial charge in [0.25, 0.3) is 0 Å². The molecule has 0 N–H and O–H groups in total. The van der Waals surface area contributed by atoms with Crippen molar-refractivity contribution in [1.82, 2.24) is 0 Å². The van der Waals surface area contributed by atoms with Gasteiger partial charge in [-0.15, -0.1) is 11.3 Å². The molecule has 0 aliphatic carbocycles. The van der Waals surface area contributed by atoms with E-state index >= 15 is 0 Å². The van der Waals surface area contributed by atoms with E-state index in [1.807, 2.05) is 0 Å². The summed E-state index contributed by atoms with van der Waals surface area (Å²) < 4.78 is 20.2. The largest absolute Gasteiger partial charge is 0.493 e. The first-order valence-corrected chi connectivity index (χ1v) is 9.29. The van der Waals surface area contributed by atoms with E-state index in [1.54, 1.807) is 35.7 Å². The van der Waals surface area contributed by atoms with Gasteiger partial charge < -0.3 is 18.9 Å². The third kappa shape index (κ3) is 4.69. The lowest BCUT2D eigenvalue weighted by Gasteiger charge is -2.24. The highest BCUT2D eigenvalue weighted by atomic mass is 32.1. The van der Waals surface area contributed by atoms with Crippen LogP contribution in [0.2, 0.25) is 0 Å². The minimum Gasteiger partial charge on any atom is -0.493 e. The Bertz CT molecular complexity index is 813. The Morgan fingerprint density at radius 2 is 1.57 bits per heavy atom. The SMILES string of the molecule is COC(=O)C(C(=O)OC)C(CC(=O)c1cccs1)c1ccc(OC)c(OC)c1. The van der Waals surface area contributed by atoms with E-state index < -0.39 is 23.8 Å². The number of rotatable bonds is 9. The van der Waals surface area contributed by atoms with E-state index in [2.05, 4.69) is 0 Å². The molecule has 8 heteroatoms. The number of hydrogen-bond donors (Lipinski definition) is 0. The molecule has 0 radical (unpaired) electrons. The first-order valence-electron chi connectivity index (χ1n) is 8.41. The number of thiophene rings is 1. The van der Waals surface area contributed by atoms with Gasteiger partial charge in [-0.25, -0.2) is 0 Å². The second-order valence-corrected chi connectivity index (χ2v) is 6.80. The van der Waals surface area contributed by atoms with Crippen LogP contribution in [0.1, 0.15) is 27.6 Å². The number of benzene rings is 1. The summed E-state index contributed by atoms with van der Waals surface area (Å²) in [7, 11) is 5.35. The maximum atomic E-state index is 12.7. The van der Waals surface area contributed by atoms with Crippen LogP contribution in [0.4, 0.5) is 0 Å². The second kappa shape index (κ2) is 9.89. The molecule has 1 atom stereocenters. The van der Waals surface area contributed by atoms with Crippen LogP contribution in [0.3, 0.4) is 0 Å². The topological polar surface area (TPSA) is 88.1 Å². The van der Waals surface area contributed by atoms with E-state index in [0.29, 0.717) is 21.9 Å². The fourth-order valence-corrected chi connectivity index (χ4v) is 3.60. The van der Waals surface area contributed by atoms with Gasteiger partial charge in [0, 0.05) is 12.3 Å². The Hall–Kier alpha value is -2.87. The molecule has 1 heterocycles. The van der Waals surface area contributed by atoms with Crippen molar-refractivity contribution in [3.8, 4) is 11.5 Å². The monoisotopic (exact) mass is 406 g/mol. The van der Waals surface area contributed by atoms with Gasteiger partial charge >= 0.3 is 11.9 Å². The smallest absolute Gasteiger partial charge is 0.320 e. The summed E-state index contributed by atoms with van der Waals surface area (Å²) in [5, 5.41) is 1.79. The molecule has 28 heavy (non-hydrogen) atoms. The highest BCUT2D eigenvalue weighted by Gasteiger charge is 2.39. The summed E-state index contributed by atoms with van der Waals surface area (Å²) in [6, 6.07) is 8.45. The first-order chi connectivity index (χ1) is 13.5. The lowest BCUT2D eigenvalue weighted by atomic mass is 9.81. The number of ether oxygens (including phenoxy) is 4. The summed E-state index contributed by atoms with van der Waals surface area (Å²) in [5.74, 6) is -2.92. The van der Waals surface area contributed by atoms with E-state index in [1.165, 1.54) is 39.8 Å². The normalized spacial score (nSPS) is 11.6. The maximum absolute atomic E-state index is 12.7. The Balaban J connectivity index is 2.52. The molecule has 0 bridgehead atoms. The number of methoxy groups -OCH3 is 4. The highest BCUT2D eigenvalue weighted by molar-refractivity contribution is 7.12. The van der Waals surface area contributed by atoms with Crippen molar-refractivity contribution in [2.75, 3.05) is 28.4 Å². The lowest BCUT2D eigenvalue weighted by Crippen LogP contribution is -2.33. The maximum Gasteiger partial charge on any atom is 0.320 e. The van der Waals surface area contributed by atoms with Crippen LogP contribution in [0, 0.1) is 5.92 Å². The van der Waals surface area contributed by atoms with Gasteiger partial charge in [0.1, 0.15) is 0 Å². The zero-order valence-electron chi connectivity index (χ0n) is 16.1. The molecule has 2 rings (SSSR count). The lowest BCUT2D eigenvalue weighted by molar-refractivity contribution is -0.159. The Morgan fingerprint density at radius 1 is 0.929 bits per heavy atom. The molecule has 0 fully saturated rings. The summed E-state index contributed by atoms with van der Waals surface area (Å²) in [4.78, 5) is 38.1. The van der Waals surface area contributed by atoms with Crippen LogP contribution >= 0.6 is 11.3 Å². The van der Waals surface area contributed by atoms with Crippen molar-refractivity contribution in [3.63, 3.8) is 0 Å². The summed E-state index contributed by atoms with van der Waals surface area (Å²) >= 11 is 1.30. The zero-order chi connectivity index (χ0) is 20.7. The third-order valence-corrected chi connectivity index (χ3v) is 5.26. The number of hydrogen-bond acceptors (Lipinski definition) is 8.